The van der Waals surface area contributed by atoms with E-state index in [4.69, 9.17) is 5.73 Å². The number of anilines is 2. The van der Waals surface area contributed by atoms with Crippen LogP contribution in [0.2, 0.25) is 0 Å². The Labute approximate surface area is 184 Å². The quantitative estimate of drug-likeness (QED) is 0.429. The molecule has 0 aliphatic heterocycles. The number of nitrogens with one attached hydrogen (secondary N) is 2. The van der Waals surface area contributed by atoms with Gasteiger partial charge in [0.05, 0.1) is 11.3 Å². The third-order valence-corrected chi connectivity index (χ3v) is 5.06. The summed E-state index contributed by atoms with van der Waals surface area (Å²) in [7, 11) is 0. The van der Waals surface area contributed by atoms with Crippen molar-refractivity contribution in [3.05, 3.63) is 101 Å². The van der Waals surface area contributed by atoms with E-state index in [1.807, 2.05) is 25.1 Å². The van der Waals surface area contributed by atoms with E-state index in [9.17, 15) is 14.4 Å². The number of primary amides is 1. The van der Waals surface area contributed by atoms with Crippen LogP contribution in [0.15, 0.2) is 83.5 Å². The highest BCUT2D eigenvalue weighted by Gasteiger charge is 2.30. The van der Waals surface area contributed by atoms with Gasteiger partial charge in [-0.3, -0.25) is 19.8 Å². The van der Waals surface area contributed by atoms with Gasteiger partial charge in [-0.2, -0.15) is 5.10 Å². The van der Waals surface area contributed by atoms with Crippen LogP contribution in [0.5, 0.6) is 0 Å². The molecule has 0 aromatic heterocycles. The summed E-state index contributed by atoms with van der Waals surface area (Å²) in [5.41, 5.74) is 11.9. The van der Waals surface area contributed by atoms with Crippen LogP contribution < -0.4 is 16.5 Å². The van der Waals surface area contributed by atoms with Crippen molar-refractivity contribution in [1.29, 1.82) is 0 Å². The van der Waals surface area contributed by atoms with Gasteiger partial charge in [-0.05, 0) is 48.4 Å². The predicted molar refractivity (Wildman–Crippen MR) is 124 cm³/mol. The number of carbonyl (C=O) groups excluding carboxylic acids is 3. The van der Waals surface area contributed by atoms with Crippen molar-refractivity contribution in [3.8, 4) is 0 Å². The highest BCUT2D eigenvalue weighted by molar-refractivity contribution is 6.59. The largest absolute Gasteiger partial charge is 0.366 e. The lowest BCUT2D eigenvalue weighted by atomic mass is 9.89. The molecule has 0 radical (unpaired) electrons. The third-order valence-electron chi connectivity index (χ3n) is 5.06. The predicted octanol–water partition coefficient (Wildman–Crippen LogP) is 3.51. The minimum atomic E-state index is -0.567. The van der Waals surface area contributed by atoms with Gasteiger partial charge in [0.15, 0.2) is 0 Å². The molecular formula is C25H20N4O3. The van der Waals surface area contributed by atoms with Gasteiger partial charge >= 0.3 is 0 Å². The summed E-state index contributed by atoms with van der Waals surface area (Å²) in [6.45, 7) is 1.84. The highest BCUT2D eigenvalue weighted by atomic mass is 16.2. The molecule has 3 aromatic carbocycles. The zero-order chi connectivity index (χ0) is 22.7. The standard InChI is InChI=1S/C25H20N4O3/c1-15-11-12-17(24(26)31)14-21(15)28-29-22-19-10-6-5-7-16(19)13-20(23(22)30)25(32)27-18-8-3-2-4-9-18/h2-14,28H,1H3,(H2,26,31)(H,27,32)/b29-22-. The van der Waals surface area contributed by atoms with Crippen molar-refractivity contribution in [2.24, 2.45) is 10.8 Å². The van der Waals surface area contributed by atoms with Gasteiger partial charge in [0.1, 0.15) is 5.71 Å². The molecule has 2 amide bonds. The van der Waals surface area contributed by atoms with E-state index in [1.54, 1.807) is 60.7 Å². The number of carbonyl (C=O) groups is 3. The number of rotatable bonds is 5. The van der Waals surface area contributed by atoms with Crippen molar-refractivity contribution in [3.63, 3.8) is 0 Å². The maximum absolute atomic E-state index is 13.2. The van der Waals surface area contributed by atoms with Crippen LogP contribution in [-0.4, -0.2) is 23.3 Å². The zero-order valence-corrected chi connectivity index (χ0v) is 17.3. The summed E-state index contributed by atoms with van der Waals surface area (Å²) in [5.74, 6) is -1.59. The zero-order valence-electron chi connectivity index (χ0n) is 17.3. The number of nitrogens with two attached hydrogens (primary N) is 1. The van der Waals surface area contributed by atoms with Crippen LogP contribution in [-0.2, 0) is 9.59 Å². The number of hydrogen-bond donors (Lipinski definition) is 3. The summed E-state index contributed by atoms with van der Waals surface area (Å²) in [6.07, 6.45) is 1.56. The molecule has 0 bridgehead atoms. The van der Waals surface area contributed by atoms with Crippen LogP contribution in [0.4, 0.5) is 11.4 Å². The van der Waals surface area contributed by atoms with Gasteiger partial charge in [0.25, 0.3) is 5.91 Å². The number of hydrogen-bond acceptors (Lipinski definition) is 5. The van der Waals surface area contributed by atoms with Crippen LogP contribution in [0.25, 0.3) is 6.08 Å². The monoisotopic (exact) mass is 424 g/mol. The molecule has 32 heavy (non-hydrogen) atoms. The number of aryl methyl sites for hydroxylation is 1. The van der Waals surface area contributed by atoms with Gasteiger partial charge in [-0.25, -0.2) is 0 Å². The third kappa shape index (κ3) is 4.17. The Morgan fingerprint density at radius 2 is 1.66 bits per heavy atom. The molecule has 7 heteroatoms. The molecular weight excluding hydrogens is 404 g/mol. The molecule has 1 aliphatic rings. The molecule has 3 aromatic rings. The molecule has 0 saturated carbocycles. The Morgan fingerprint density at radius 3 is 2.41 bits per heavy atom. The van der Waals surface area contributed by atoms with Crippen LogP contribution in [0.3, 0.4) is 0 Å². The fourth-order valence-electron chi connectivity index (χ4n) is 3.32. The smallest absolute Gasteiger partial charge is 0.259 e. The molecule has 0 fully saturated rings. The molecule has 1 aliphatic carbocycles. The molecule has 0 atom stereocenters. The summed E-state index contributed by atoms with van der Waals surface area (Å²) < 4.78 is 0. The number of para-hydroxylation sites is 1. The molecule has 4 rings (SSSR count). The van der Waals surface area contributed by atoms with Crippen molar-refractivity contribution >= 4 is 40.8 Å². The first kappa shape index (κ1) is 20.7. The second-order valence-corrected chi connectivity index (χ2v) is 7.26. The normalized spacial score (nSPS) is 13.8. The van der Waals surface area contributed by atoms with E-state index in [1.165, 1.54) is 0 Å². The highest BCUT2D eigenvalue weighted by Crippen LogP contribution is 2.24. The van der Waals surface area contributed by atoms with E-state index < -0.39 is 17.6 Å². The van der Waals surface area contributed by atoms with Crippen molar-refractivity contribution in [1.82, 2.24) is 0 Å². The summed E-state index contributed by atoms with van der Waals surface area (Å²) >= 11 is 0. The van der Waals surface area contributed by atoms with E-state index >= 15 is 0 Å². The summed E-state index contributed by atoms with van der Waals surface area (Å²) in [6, 6.07) is 21.0. The average molecular weight is 424 g/mol. The van der Waals surface area contributed by atoms with Gasteiger partial charge in [-0.15, -0.1) is 0 Å². The Balaban J connectivity index is 1.69. The first-order chi connectivity index (χ1) is 15.4. The van der Waals surface area contributed by atoms with Crippen molar-refractivity contribution in [2.45, 2.75) is 6.92 Å². The number of ketones is 1. The molecule has 0 spiro atoms. The van der Waals surface area contributed by atoms with Crippen LogP contribution >= 0.6 is 0 Å². The fraction of sp³-hybridized carbons (Fsp3) is 0.0400. The topological polar surface area (TPSA) is 114 Å². The van der Waals surface area contributed by atoms with E-state index in [-0.39, 0.29) is 11.3 Å². The SMILES string of the molecule is Cc1ccc(C(N)=O)cc1N/N=C1\C(=O)C(C(=O)Nc2ccccc2)=Cc2ccccc21. The first-order valence-corrected chi connectivity index (χ1v) is 9.90. The Bertz CT molecular complexity index is 1290. The molecule has 4 N–H and O–H groups in total. The molecule has 7 nitrogen and oxygen atoms in total. The van der Waals surface area contributed by atoms with Gasteiger partial charge in [0, 0.05) is 16.8 Å². The Kier molecular flexibility index (Phi) is 5.63. The second-order valence-electron chi connectivity index (χ2n) is 7.26. The Morgan fingerprint density at radius 1 is 0.938 bits per heavy atom. The van der Waals surface area contributed by atoms with Crippen molar-refractivity contribution in [2.75, 3.05) is 10.7 Å². The van der Waals surface area contributed by atoms with E-state index in [0.717, 1.165) is 5.56 Å². The number of benzene rings is 3. The average Bonchev–Trinajstić information content (AvgIpc) is 2.79. The van der Waals surface area contributed by atoms with Crippen LogP contribution in [0.1, 0.15) is 27.0 Å². The lowest BCUT2D eigenvalue weighted by molar-refractivity contribution is -0.116. The lowest BCUT2D eigenvalue weighted by Gasteiger charge is -2.18. The van der Waals surface area contributed by atoms with Gasteiger partial charge in [0.2, 0.25) is 11.7 Å². The van der Waals surface area contributed by atoms with Gasteiger partial charge in [-0.1, -0.05) is 48.5 Å². The number of fused-ring (bicyclic) bond motifs is 1. The first-order valence-electron chi connectivity index (χ1n) is 9.90. The number of hydrazone groups is 1. The van der Waals surface area contributed by atoms with E-state index in [2.05, 4.69) is 15.8 Å². The molecule has 0 heterocycles. The number of Topliss-reactive ketones (excluding diaryl/α,β-unsaturated/α-hetero) is 1. The minimum absolute atomic E-state index is 0.0179. The molecule has 0 saturated heterocycles. The maximum atomic E-state index is 13.2. The summed E-state index contributed by atoms with van der Waals surface area (Å²) in [5, 5.41) is 7.06. The molecule has 0 unspecified atom stereocenters. The fourth-order valence-corrected chi connectivity index (χ4v) is 3.32. The minimum Gasteiger partial charge on any atom is -0.366 e. The molecule has 158 valence electrons. The van der Waals surface area contributed by atoms with E-state index in [0.29, 0.717) is 28.1 Å². The van der Waals surface area contributed by atoms with Crippen LogP contribution in [0, 0.1) is 6.92 Å². The number of nitrogens with zero attached hydrogens (tertiary/aromatic N) is 1. The summed E-state index contributed by atoms with van der Waals surface area (Å²) in [4.78, 5) is 37.6. The van der Waals surface area contributed by atoms with Crippen molar-refractivity contribution < 1.29 is 14.4 Å². The second kappa shape index (κ2) is 8.69. The maximum Gasteiger partial charge on any atom is 0.259 e. The Hall–Kier alpha value is -4.52. The van der Waals surface area contributed by atoms with Gasteiger partial charge < -0.3 is 11.1 Å². The number of amides is 2. The lowest BCUT2D eigenvalue weighted by Crippen LogP contribution is -2.30.